The van der Waals surface area contributed by atoms with Crippen LogP contribution in [-0.4, -0.2) is 39.8 Å². The molecule has 0 bridgehead atoms. The van der Waals surface area contributed by atoms with Crippen LogP contribution in [0, 0.1) is 0 Å². The third kappa shape index (κ3) is 6.35. The minimum atomic E-state index is 0.744. The van der Waals surface area contributed by atoms with E-state index in [4.69, 9.17) is 13.9 Å². The number of hydrogen-bond acceptors (Lipinski definition) is 4. The smallest absolute Gasteiger partial charge is 0.191 e. The number of rotatable bonds is 10. The molecule has 0 fully saturated rings. The normalized spacial score (nSPS) is 11.3. The third-order valence-electron chi connectivity index (χ3n) is 3.89. The minimum absolute atomic E-state index is 0.744. The predicted molar refractivity (Wildman–Crippen MR) is 104 cm³/mol. The van der Waals surface area contributed by atoms with Gasteiger partial charge in [0.25, 0.3) is 0 Å². The van der Waals surface area contributed by atoms with E-state index in [2.05, 4.69) is 28.6 Å². The van der Waals surface area contributed by atoms with E-state index < -0.39 is 0 Å². The average Bonchev–Trinajstić information content (AvgIpc) is 3.19. The molecule has 0 saturated heterocycles. The van der Waals surface area contributed by atoms with Gasteiger partial charge in [-0.2, -0.15) is 0 Å². The molecular formula is C20H29N3O3. The summed E-state index contributed by atoms with van der Waals surface area (Å²) in [7, 11) is 3.29. The number of hydrogen-bond donors (Lipinski definition) is 2. The number of nitrogens with zero attached hydrogens (tertiary/aromatic N) is 1. The Balaban J connectivity index is 1.82. The van der Waals surface area contributed by atoms with Crippen LogP contribution in [0.4, 0.5) is 0 Å². The standard InChI is InChI=1S/C20H29N3O3/c1-4-11-21-20(23-13-10-17-6-5-14-26-17)22-12-9-16-7-8-18(24-2)19(15-16)25-3/h5-8,14-15H,4,9-13H2,1-3H3,(H2,21,22,23). The Bertz CT molecular complexity index is 669. The van der Waals surface area contributed by atoms with Crippen molar-refractivity contribution in [2.24, 2.45) is 4.99 Å². The van der Waals surface area contributed by atoms with Crippen LogP contribution in [0.2, 0.25) is 0 Å². The molecule has 26 heavy (non-hydrogen) atoms. The zero-order chi connectivity index (χ0) is 18.6. The van der Waals surface area contributed by atoms with Crippen LogP contribution in [0.1, 0.15) is 24.7 Å². The molecular weight excluding hydrogens is 330 g/mol. The molecule has 0 aliphatic heterocycles. The molecule has 6 nitrogen and oxygen atoms in total. The lowest BCUT2D eigenvalue weighted by Gasteiger charge is -2.13. The molecule has 142 valence electrons. The minimum Gasteiger partial charge on any atom is -0.493 e. The first-order chi connectivity index (χ1) is 12.8. The Morgan fingerprint density at radius 3 is 2.46 bits per heavy atom. The number of furan rings is 1. The van der Waals surface area contributed by atoms with Crippen molar-refractivity contribution in [3.63, 3.8) is 0 Å². The summed E-state index contributed by atoms with van der Waals surface area (Å²) in [4.78, 5) is 4.57. The van der Waals surface area contributed by atoms with Crippen molar-refractivity contribution in [1.29, 1.82) is 0 Å². The second-order valence-electron chi connectivity index (χ2n) is 5.85. The van der Waals surface area contributed by atoms with Gasteiger partial charge in [0.1, 0.15) is 5.76 Å². The van der Waals surface area contributed by atoms with Gasteiger partial charge in [-0.05, 0) is 42.7 Å². The number of guanidine groups is 1. The second-order valence-corrected chi connectivity index (χ2v) is 5.85. The lowest BCUT2D eigenvalue weighted by Crippen LogP contribution is -2.39. The molecule has 2 aromatic rings. The Hall–Kier alpha value is -2.63. The van der Waals surface area contributed by atoms with E-state index in [-0.39, 0.29) is 0 Å². The number of aliphatic imine (C=N–C) groups is 1. The summed E-state index contributed by atoms with van der Waals surface area (Å²) in [6.45, 7) is 4.48. The van der Waals surface area contributed by atoms with Crippen LogP contribution in [0.5, 0.6) is 11.5 Å². The van der Waals surface area contributed by atoms with Gasteiger partial charge in [-0.25, -0.2) is 0 Å². The Morgan fingerprint density at radius 1 is 1.04 bits per heavy atom. The summed E-state index contributed by atoms with van der Waals surface area (Å²) in [5.74, 6) is 3.30. The van der Waals surface area contributed by atoms with E-state index in [1.165, 1.54) is 5.56 Å². The van der Waals surface area contributed by atoms with Gasteiger partial charge in [0.15, 0.2) is 17.5 Å². The molecule has 0 saturated carbocycles. The van der Waals surface area contributed by atoms with E-state index in [9.17, 15) is 0 Å². The fraction of sp³-hybridized carbons (Fsp3) is 0.450. The van der Waals surface area contributed by atoms with Crippen molar-refractivity contribution in [1.82, 2.24) is 10.6 Å². The van der Waals surface area contributed by atoms with E-state index in [0.29, 0.717) is 0 Å². The SMILES string of the molecule is CCCN=C(NCCc1ccc(OC)c(OC)c1)NCCc1ccco1. The quantitative estimate of drug-likeness (QED) is 0.504. The highest BCUT2D eigenvalue weighted by atomic mass is 16.5. The van der Waals surface area contributed by atoms with Gasteiger partial charge in [-0.1, -0.05) is 13.0 Å². The fourth-order valence-electron chi connectivity index (χ4n) is 2.52. The van der Waals surface area contributed by atoms with Crippen LogP contribution >= 0.6 is 0 Å². The van der Waals surface area contributed by atoms with Crippen molar-refractivity contribution in [3.8, 4) is 11.5 Å². The topological polar surface area (TPSA) is 68.0 Å². The zero-order valence-corrected chi connectivity index (χ0v) is 15.9. The first-order valence-electron chi connectivity index (χ1n) is 9.02. The van der Waals surface area contributed by atoms with E-state index >= 15 is 0 Å². The molecule has 0 amide bonds. The summed E-state index contributed by atoms with van der Waals surface area (Å²) in [5, 5.41) is 6.74. The first kappa shape index (κ1) is 19.7. The monoisotopic (exact) mass is 359 g/mol. The molecule has 2 N–H and O–H groups in total. The lowest BCUT2D eigenvalue weighted by molar-refractivity contribution is 0.354. The largest absolute Gasteiger partial charge is 0.493 e. The van der Waals surface area contributed by atoms with Crippen LogP contribution in [0.25, 0.3) is 0 Å². The fourth-order valence-corrected chi connectivity index (χ4v) is 2.52. The molecule has 1 aromatic carbocycles. The summed E-state index contributed by atoms with van der Waals surface area (Å²) >= 11 is 0. The van der Waals surface area contributed by atoms with Gasteiger partial charge in [0.2, 0.25) is 0 Å². The molecule has 1 heterocycles. The molecule has 0 spiro atoms. The van der Waals surface area contributed by atoms with Gasteiger partial charge in [0, 0.05) is 26.1 Å². The Labute approximate surface area is 155 Å². The first-order valence-corrected chi connectivity index (χ1v) is 9.02. The molecule has 0 atom stereocenters. The van der Waals surface area contributed by atoms with E-state index in [1.54, 1.807) is 20.5 Å². The van der Waals surface area contributed by atoms with Crippen LogP contribution in [-0.2, 0) is 12.8 Å². The summed E-state index contributed by atoms with van der Waals surface area (Å²) in [6, 6.07) is 9.88. The van der Waals surface area contributed by atoms with Crippen molar-refractivity contribution in [3.05, 3.63) is 47.9 Å². The van der Waals surface area contributed by atoms with Gasteiger partial charge >= 0.3 is 0 Å². The third-order valence-corrected chi connectivity index (χ3v) is 3.89. The predicted octanol–water partition coefficient (Wildman–Crippen LogP) is 3.03. The zero-order valence-electron chi connectivity index (χ0n) is 15.9. The van der Waals surface area contributed by atoms with Gasteiger partial charge < -0.3 is 24.5 Å². The molecule has 0 aliphatic carbocycles. The number of nitrogens with one attached hydrogen (secondary N) is 2. The Morgan fingerprint density at radius 2 is 1.81 bits per heavy atom. The maximum atomic E-state index is 5.36. The molecule has 0 radical (unpaired) electrons. The number of benzene rings is 1. The number of ether oxygens (including phenoxy) is 2. The average molecular weight is 359 g/mol. The summed E-state index contributed by atoms with van der Waals surface area (Å²) < 4.78 is 16.0. The van der Waals surface area contributed by atoms with Gasteiger partial charge in [-0.15, -0.1) is 0 Å². The van der Waals surface area contributed by atoms with Crippen molar-refractivity contribution >= 4 is 5.96 Å². The van der Waals surface area contributed by atoms with Crippen molar-refractivity contribution in [2.75, 3.05) is 33.9 Å². The van der Waals surface area contributed by atoms with E-state index in [1.807, 2.05) is 24.3 Å². The molecule has 0 aliphatic rings. The van der Waals surface area contributed by atoms with Crippen LogP contribution in [0.15, 0.2) is 46.0 Å². The second kappa shape index (κ2) is 11.1. The highest BCUT2D eigenvalue weighted by molar-refractivity contribution is 5.79. The van der Waals surface area contributed by atoms with E-state index in [0.717, 1.165) is 62.1 Å². The maximum absolute atomic E-state index is 5.36. The Kier molecular flexibility index (Phi) is 8.39. The summed E-state index contributed by atoms with van der Waals surface area (Å²) in [5.41, 5.74) is 1.18. The molecule has 6 heteroatoms. The van der Waals surface area contributed by atoms with Crippen LogP contribution in [0.3, 0.4) is 0 Å². The highest BCUT2D eigenvalue weighted by Crippen LogP contribution is 2.27. The maximum Gasteiger partial charge on any atom is 0.191 e. The van der Waals surface area contributed by atoms with Crippen LogP contribution < -0.4 is 20.1 Å². The van der Waals surface area contributed by atoms with Crippen molar-refractivity contribution < 1.29 is 13.9 Å². The number of methoxy groups -OCH3 is 2. The molecule has 2 rings (SSSR count). The lowest BCUT2D eigenvalue weighted by atomic mass is 10.1. The highest BCUT2D eigenvalue weighted by Gasteiger charge is 2.05. The molecule has 1 aromatic heterocycles. The summed E-state index contributed by atoms with van der Waals surface area (Å²) in [6.07, 6.45) is 4.41. The van der Waals surface area contributed by atoms with Gasteiger partial charge in [-0.3, -0.25) is 4.99 Å². The van der Waals surface area contributed by atoms with Crippen molar-refractivity contribution in [2.45, 2.75) is 26.2 Å². The molecule has 0 unspecified atom stereocenters. The van der Waals surface area contributed by atoms with Gasteiger partial charge in [0.05, 0.1) is 20.5 Å².